The Morgan fingerprint density at radius 2 is 2.40 bits per heavy atom. The lowest BCUT2D eigenvalue weighted by Gasteiger charge is -2.43. The van der Waals surface area contributed by atoms with Crippen molar-refractivity contribution in [3.8, 4) is 6.07 Å². The molecule has 1 fully saturated rings. The number of rotatable bonds is 5. The molecule has 3 N–H and O–H groups in total. The Morgan fingerprint density at radius 3 is 2.95 bits per heavy atom. The first kappa shape index (κ1) is 14.2. The highest BCUT2D eigenvalue weighted by molar-refractivity contribution is 5.62. The average molecular weight is 276 g/mol. The van der Waals surface area contributed by atoms with E-state index in [0.29, 0.717) is 12.3 Å². The molecule has 3 unspecified atom stereocenters. The van der Waals surface area contributed by atoms with E-state index < -0.39 is 4.92 Å². The van der Waals surface area contributed by atoms with Crippen LogP contribution in [0.4, 0.5) is 11.4 Å². The summed E-state index contributed by atoms with van der Waals surface area (Å²) in [4.78, 5) is 10.2. The molecule has 1 aromatic carbocycles. The lowest BCUT2D eigenvalue weighted by Crippen LogP contribution is -2.60. The fourth-order valence-electron chi connectivity index (χ4n) is 2.27. The zero-order chi connectivity index (χ0) is 14.7. The van der Waals surface area contributed by atoms with E-state index in [1.165, 1.54) is 18.2 Å². The summed E-state index contributed by atoms with van der Waals surface area (Å²) in [7, 11) is 0. The number of nitrogens with zero attached hydrogens (tertiary/aromatic N) is 2. The van der Waals surface area contributed by atoms with Crippen molar-refractivity contribution in [1.82, 2.24) is 0 Å². The third-order valence-electron chi connectivity index (χ3n) is 3.40. The van der Waals surface area contributed by atoms with Gasteiger partial charge in [-0.05, 0) is 19.4 Å². The molecule has 0 radical (unpaired) electrons. The van der Waals surface area contributed by atoms with E-state index in [-0.39, 0.29) is 29.4 Å². The van der Waals surface area contributed by atoms with Crippen LogP contribution in [-0.2, 0) is 4.74 Å². The minimum atomic E-state index is -0.525. The number of hydrogen-bond acceptors (Lipinski definition) is 6. The summed E-state index contributed by atoms with van der Waals surface area (Å²) in [5, 5.41) is 22.9. The predicted octanol–water partition coefficient (Wildman–Crippen LogP) is 1.38. The van der Waals surface area contributed by atoms with Crippen molar-refractivity contribution in [2.45, 2.75) is 31.5 Å². The molecule has 20 heavy (non-hydrogen) atoms. The average Bonchev–Trinajstić information content (AvgIpc) is 2.44. The molecule has 1 aromatic rings. The number of hydrogen-bond donors (Lipinski definition) is 2. The third-order valence-corrected chi connectivity index (χ3v) is 3.40. The highest BCUT2D eigenvalue weighted by atomic mass is 16.6. The van der Waals surface area contributed by atoms with E-state index in [0.717, 1.165) is 6.42 Å². The van der Waals surface area contributed by atoms with Gasteiger partial charge in [-0.25, -0.2) is 0 Å². The summed E-state index contributed by atoms with van der Waals surface area (Å²) in [5.74, 6) is 0. The molecule has 0 aromatic heterocycles. The van der Waals surface area contributed by atoms with Gasteiger partial charge in [-0.1, -0.05) is 0 Å². The number of ether oxygens (including phenoxy) is 1. The second-order valence-electron chi connectivity index (χ2n) is 4.66. The van der Waals surface area contributed by atoms with Crippen LogP contribution >= 0.6 is 0 Å². The summed E-state index contributed by atoms with van der Waals surface area (Å²) in [6.45, 7) is 2.51. The Balaban J connectivity index is 2.17. The maximum Gasteiger partial charge on any atom is 0.270 e. The smallest absolute Gasteiger partial charge is 0.270 e. The molecule has 106 valence electrons. The van der Waals surface area contributed by atoms with Gasteiger partial charge in [0, 0.05) is 24.8 Å². The van der Waals surface area contributed by atoms with Gasteiger partial charge in [0.05, 0.1) is 28.3 Å². The van der Waals surface area contributed by atoms with Crippen molar-refractivity contribution in [2.75, 3.05) is 11.9 Å². The number of nitriles is 1. The highest BCUT2D eigenvalue weighted by Gasteiger charge is 2.39. The van der Waals surface area contributed by atoms with E-state index in [1.807, 2.05) is 13.0 Å². The Kier molecular flexibility index (Phi) is 4.17. The molecule has 7 nitrogen and oxygen atoms in total. The second kappa shape index (κ2) is 5.86. The number of anilines is 1. The molecule has 0 aliphatic heterocycles. The van der Waals surface area contributed by atoms with E-state index >= 15 is 0 Å². The maximum atomic E-state index is 10.7. The summed E-state index contributed by atoms with van der Waals surface area (Å²) in [6.07, 6.45) is 0.775. The second-order valence-corrected chi connectivity index (χ2v) is 4.66. The largest absolute Gasteiger partial charge is 0.377 e. The van der Waals surface area contributed by atoms with Gasteiger partial charge < -0.3 is 15.8 Å². The van der Waals surface area contributed by atoms with Gasteiger partial charge in [0.2, 0.25) is 0 Å². The molecule has 0 saturated heterocycles. The quantitative estimate of drug-likeness (QED) is 0.620. The minimum absolute atomic E-state index is 0.0109. The Labute approximate surface area is 116 Å². The number of benzene rings is 1. The van der Waals surface area contributed by atoms with Crippen LogP contribution in [0, 0.1) is 21.4 Å². The summed E-state index contributed by atoms with van der Waals surface area (Å²) < 4.78 is 5.53. The van der Waals surface area contributed by atoms with Crippen molar-refractivity contribution in [3.05, 3.63) is 33.9 Å². The standard InChI is InChI=1S/C13H16N4O3/c1-2-20-12-6-10(15)13(12)16-11-4-3-9(17(18)19)5-8(11)7-14/h3-5,10,12-13,16H,2,6,15H2,1H3. The van der Waals surface area contributed by atoms with E-state index in [1.54, 1.807) is 0 Å². The summed E-state index contributed by atoms with van der Waals surface area (Å²) in [6, 6.07) is 5.98. The fourth-order valence-corrected chi connectivity index (χ4v) is 2.27. The van der Waals surface area contributed by atoms with Gasteiger partial charge in [0.25, 0.3) is 5.69 Å². The molecule has 1 aliphatic rings. The van der Waals surface area contributed by atoms with Crippen molar-refractivity contribution >= 4 is 11.4 Å². The van der Waals surface area contributed by atoms with E-state index in [9.17, 15) is 10.1 Å². The van der Waals surface area contributed by atoms with Crippen molar-refractivity contribution < 1.29 is 9.66 Å². The van der Waals surface area contributed by atoms with E-state index in [4.69, 9.17) is 15.7 Å². The molecule has 7 heteroatoms. The molecular formula is C13H16N4O3. The number of nitrogens with two attached hydrogens (primary N) is 1. The molecule has 0 heterocycles. The SMILES string of the molecule is CCOC1CC(N)C1Nc1ccc([N+](=O)[O-])cc1C#N. The lowest BCUT2D eigenvalue weighted by atomic mass is 9.83. The fraction of sp³-hybridized carbons (Fsp3) is 0.462. The first-order chi connectivity index (χ1) is 9.56. The zero-order valence-corrected chi connectivity index (χ0v) is 11.1. The first-order valence-electron chi connectivity index (χ1n) is 6.39. The van der Waals surface area contributed by atoms with Gasteiger partial charge in [-0.2, -0.15) is 5.26 Å². The van der Waals surface area contributed by atoms with Crippen LogP contribution in [0.25, 0.3) is 0 Å². The van der Waals surface area contributed by atoms with Gasteiger partial charge >= 0.3 is 0 Å². The predicted molar refractivity (Wildman–Crippen MR) is 73.2 cm³/mol. The molecular weight excluding hydrogens is 260 g/mol. The van der Waals surface area contributed by atoms with Crippen LogP contribution in [0.5, 0.6) is 0 Å². The monoisotopic (exact) mass is 276 g/mol. The molecule has 3 atom stereocenters. The van der Waals surface area contributed by atoms with Gasteiger partial charge in [-0.15, -0.1) is 0 Å². The van der Waals surface area contributed by atoms with Gasteiger partial charge in [0.1, 0.15) is 6.07 Å². The van der Waals surface area contributed by atoms with Crippen LogP contribution in [-0.4, -0.2) is 29.7 Å². The summed E-state index contributed by atoms with van der Waals surface area (Å²) in [5.41, 5.74) is 6.60. The Bertz CT molecular complexity index is 553. The number of nitro groups is 1. The molecule has 1 aliphatic carbocycles. The van der Waals surface area contributed by atoms with Crippen molar-refractivity contribution in [1.29, 1.82) is 5.26 Å². The van der Waals surface area contributed by atoms with E-state index in [2.05, 4.69) is 5.32 Å². The Hall–Kier alpha value is -2.17. The highest BCUT2D eigenvalue weighted by Crippen LogP contribution is 2.29. The number of non-ortho nitro benzene ring substituents is 1. The van der Waals surface area contributed by atoms with Crippen molar-refractivity contribution in [3.63, 3.8) is 0 Å². The summed E-state index contributed by atoms with van der Waals surface area (Å²) >= 11 is 0. The zero-order valence-electron chi connectivity index (χ0n) is 11.1. The van der Waals surface area contributed by atoms with Crippen LogP contribution in [0.2, 0.25) is 0 Å². The first-order valence-corrected chi connectivity index (χ1v) is 6.39. The maximum absolute atomic E-state index is 10.7. The third kappa shape index (κ3) is 2.71. The molecule has 2 rings (SSSR count). The van der Waals surface area contributed by atoms with Gasteiger partial charge in [0.15, 0.2) is 0 Å². The van der Waals surface area contributed by atoms with Crippen LogP contribution in [0.3, 0.4) is 0 Å². The normalized spacial score (nSPS) is 24.6. The number of nitro benzene ring substituents is 1. The molecule has 0 bridgehead atoms. The molecule has 1 saturated carbocycles. The van der Waals surface area contributed by atoms with Gasteiger partial charge in [-0.3, -0.25) is 10.1 Å². The number of nitrogens with one attached hydrogen (secondary N) is 1. The minimum Gasteiger partial charge on any atom is -0.377 e. The lowest BCUT2D eigenvalue weighted by molar-refractivity contribution is -0.384. The molecule has 0 spiro atoms. The van der Waals surface area contributed by atoms with Crippen LogP contribution < -0.4 is 11.1 Å². The van der Waals surface area contributed by atoms with Crippen molar-refractivity contribution in [2.24, 2.45) is 5.73 Å². The van der Waals surface area contributed by atoms with Crippen LogP contribution in [0.1, 0.15) is 18.9 Å². The molecule has 0 amide bonds. The van der Waals surface area contributed by atoms with Crippen LogP contribution in [0.15, 0.2) is 18.2 Å². The Morgan fingerprint density at radius 1 is 1.65 bits per heavy atom. The topological polar surface area (TPSA) is 114 Å².